The number of likely N-dealkylation sites (N-methyl/N-ethyl adjacent to an activating group) is 1. The molecule has 0 aliphatic heterocycles. The van der Waals surface area contributed by atoms with Gasteiger partial charge in [0.15, 0.2) is 5.78 Å². The molecular weight excluding hydrogens is 277 g/mol. The second kappa shape index (κ2) is 5.41. The lowest BCUT2D eigenvalue weighted by Gasteiger charge is -2.13. The van der Waals surface area contributed by atoms with Crippen molar-refractivity contribution >= 4 is 21.7 Å². The van der Waals surface area contributed by atoms with E-state index in [0.29, 0.717) is 11.3 Å². The summed E-state index contributed by atoms with van der Waals surface area (Å²) in [6.07, 6.45) is 0. The Bertz CT molecular complexity index is 421. The number of halogens is 2. The summed E-state index contributed by atoms with van der Waals surface area (Å²) in [5.41, 5.74) is 0.844. The van der Waals surface area contributed by atoms with Crippen molar-refractivity contribution in [1.29, 1.82) is 0 Å². The van der Waals surface area contributed by atoms with Gasteiger partial charge in [0.25, 0.3) is 0 Å². The second-order valence-electron chi connectivity index (χ2n) is 3.35. The van der Waals surface area contributed by atoms with Crippen LogP contribution in [-0.4, -0.2) is 26.5 Å². The second-order valence-corrected chi connectivity index (χ2v) is 4.14. The van der Waals surface area contributed by atoms with Crippen LogP contribution in [0.5, 0.6) is 5.75 Å². The van der Waals surface area contributed by atoms with Crippen molar-refractivity contribution in [3.63, 3.8) is 0 Å². The molecule has 0 spiro atoms. The molecule has 0 atom stereocenters. The Morgan fingerprint density at radius 1 is 1.62 bits per heavy atom. The summed E-state index contributed by atoms with van der Waals surface area (Å²) >= 11 is 3.07. The first-order chi connectivity index (χ1) is 7.52. The lowest BCUT2D eigenvalue weighted by atomic mass is 10.1. The van der Waals surface area contributed by atoms with E-state index in [1.165, 1.54) is 13.2 Å². The van der Waals surface area contributed by atoms with Crippen LogP contribution < -0.4 is 10.1 Å². The number of hydrogen-bond donors (Lipinski definition) is 1. The van der Waals surface area contributed by atoms with Gasteiger partial charge in [0, 0.05) is 0 Å². The van der Waals surface area contributed by atoms with Gasteiger partial charge in [-0.3, -0.25) is 4.79 Å². The maximum Gasteiger partial charge on any atom is 0.181 e. The standard InChI is InChI=1S/C11H13BrFNO2/c1-6-4-7(13)10(12)9(11(6)16-3)8(15)5-14-2/h4,14H,5H2,1-3H3. The largest absolute Gasteiger partial charge is 0.496 e. The van der Waals surface area contributed by atoms with Gasteiger partial charge in [-0.05, 0) is 41.5 Å². The van der Waals surface area contributed by atoms with Crippen LogP contribution in [-0.2, 0) is 0 Å². The average molecular weight is 290 g/mol. The topological polar surface area (TPSA) is 38.3 Å². The van der Waals surface area contributed by atoms with Crippen molar-refractivity contribution in [2.45, 2.75) is 6.92 Å². The smallest absolute Gasteiger partial charge is 0.181 e. The fraction of sp³-hybridized carbons (Fsp3) is 0.364. The molecule has 1 aromatic carbocycles. The van der Waals surface area contributed by atoms with Crippen molar-refractivity contribution in [2.75, 3.05) is 20.7 Å². The van der Waals surface area contributed by atoms with Gasteiger partial charge in [0.05, 0.1) is 23.7 Å². The summed E-state index contributed by atoms with van der Waals surface area (Å²) in [7, 11) is 3.12. The molecule has 0 amide bonds. The molecule has 5 heteroatoms. The van der Waals surface area contributed by atoms with Crippen molar-refractivity contribution in [2.24, 2.45) is 0 Å². The van der Waals surface area contributed by atoms with Crippen LogP contribution in [0, 0.1) is 12.7 Å². The normalized spacial score (nSPS) is 10.3. The van der Waals surface area contributed by atoms with Crippen molar-refractivity contribution in [3.05, 3.63) is 27.5 Å². The summed E-state index contributed by atoms with van der Waals surface area (Å²) < 4.78 is 18.8. The monoisotopic (exact) mass is 289 g/mol. The fourth-order valence-electron chi connectivity index (χ4n) is 1.50. The highest BCUT2D eigenvalue weighted by Gasteiger charge is 2.20. The molecule has 0 aromatic heterocycles. The molecule has 1 N–H and O–H groups in total. The number of ketones is 1. The summed E-state index contributed by atoms with van der Waals surface area (Å²) in [6.45, 7) is 1.84. The zero-order chi connectivity index (χ0) is 12.3. The first kappa shape index (κ1) is 13.1. The van der Waals surface area contributed by atoms with Crippen LogP contribution in [0.25, 0.3) is 0 Å². The van der Waals surface area contributed by atoms with Crippen molar-refractivity contribution in [1.82, 2.24) is 5.32 Å². The third-order valence-corrected chi connectivity index (χ3v) is 2.95. The predicted molar refractivity (Wildman–Crippen MR) is 63.6 cm³/mol. The van der Waals surface area contributed by atoms with Gasteiger partial charge in [-0.25, -0.2) is 4.39 Å². The quantitative estimate of drug-likeness (QED) is 0.865. The molecule has 0 heterocycles. The molecule has 88 valence electrons. The van der Waals surface area contributed by atoms with E-state index < -0.39 is 5.82 Å². The minimum Gasteiger partial charge on any atom is -0.496 e. The molecule has 16 heavy (non-hydrogen) atoms. The summed E-state index contributed by atoms with van der Waals surface area (Å²) in [5.74, 6) is -0.264. The first-order valence-electron chi connectivity index (χ1n) is 4.73. The van der Waals surface area contributed by atoms with Crippen LogP contribution in [0.1, 0.15) is 15.9 Å². The van der Waals surface area contributed by atoms with Gasteiger partial charge in [-0.1, -0.05) is 0 Å². The van der Waals surface area contributed by atoms with E-state index in [-0.39, 0.29) is 22.4 Å². The van der Waals surface area contributed by atoms with Gasteiger partial charge < -0.3 is 10.1 Å². The average Bonchev–Trinajstić information content (AvgIpc) is 2.23. The van der Waals surface area contributed by atoms with Crippen LogP contribution in [0.15, 0.2) is 10.5 Å². The number of carbonyl (C=O) groups excluding carboxylic acids is 1. The number of carbonyl (C=O) groups is 1. The number of ether oxygens (including phenoxy) is 1. The Labute approximate surface area is 102 Å². The molecule has 0 bridgehead atoms. The number of nitrogens with one attached hydrogen (secondary N) is 1. The lowest BCUT2D eigenvalue weighted by molar-refractivity contribution is 0.0989. The predicted octanol–water partition coefficient (Wildman–Crippen LogP) is 2.31. The van der Waals surface area contributed by atoms with E-state index in [0.717, 1.165) is 0 Å². The summed E-state index contributed by atoms with van der Waals surface area (Å²) in [5, 5.41) is 2.74. The van der Waals surface area contributed by atoms with E-state index in [4.69, 9.17) is 4.74 Å². The molecule has 0 radical (unpaired) electrons. The molecule has 0 saturated carbocycles. The Hall–Kier alpha value is -0.940. The first-order valence-corrected chi connectivity index (χ1v) is 5.52. The fourth-order valence-corrected chi connectivity index (χ4v) is 2.01. The van der Waals surface area contributed by atoms with E-state index >= 15 is 0 Å². The van der Waals surface area contributed by atoms with Gasteiger partial charge in [0.1, 0.15) is 11.6 Å². The van der Waals surface area contributed by atoms with Crippen LogP contribution in [0.4, 0.5) is 4.39 Å². The van der Waals surface area contributed by atoms with Crippen LogP contribution >= 0.6 is 15.9 Å². The Morgan fingerprint density at radius 2 is 2.25 bits per heavy atom. The minimum absolute atomic E-state index is 0.137. The highest BCUT2D eigenvalue weighted by atomic mass is 79.9. The molecule has 0 fully saturated rings. The highest BCUT2D eigenvalue weighted by Crippen LogP contribution is 2.32. The third-order valence-electron chi connectivity index (χ3n) is 2.18. The Balaban J connectivity index is 3.38. The molecule has 0 aliphatic carbocycles. The third kappa shape index (κ3) is 2.41. The molecule has 0 unspecified atom stereocenters. The van der Waals surface area contributed by atoms with E-state index in [9.17, 15) is 9.18 Å². The molecule has 3 nitrogen and oxygen atoms in total. The molecule has 1 rings (SSSR count). The zero-order valence-electron chi connectivity index (χ0n) is 9.36. The number of benzene rings is 1. The molecule has 1 aromatic rings. The molecular formula is C11H13BrFNO2. The van der Waals surface area contributed by atoms with Crippen LogP contribution in [0.2, 0.25) is 0 Å². The highest BCUT2D eigenvalue weighted by molar-refractivity contribution is 9.10. The van der Waals surface area contributed by atoms with Crippen molar-refractivity contribution < 1.29 is 13.9 Å². The summed E-state index contributed by atoms with van der Waals surface area (Å²) in [4.78, 5) is 11.8. The van der Waals surface area contributed by atoms with Crippen molar-refractivity contribution in [3.8, 4) is 5.75 Å². The van der Waals surface area contributed by atoms with Gasteiger partial charge in [-0.15, -0.1) is 0 Å². The van der Waals surface area contributed by atoms with E-state index in [2.05, 4.69) is 21.2 Å². The Morgan fingerprint density at radius 3 is 2.75 bits per heavy atom. The maximum absolute atomic E-state index is 13.5. The van der Waals surface area contributed by atoms with Gasteiger partial charge in [-0.2, -0.15) is 0 Å². The number of rotatable bonds is 4. The van der Waals surface area contributed by atoms with Gasteiger partial charge in [0.2, 0.25) is 0 Å². The van der Waals surface area contributed by atoms with Gasteiger partial charge >= 0.3 is 0 Å². The maximum atomic E-state index is 13.5. The minimum atomic E-state index is -0.460. The Kier molecular flexibility index (Phi) is 4.44. The SMILES string of the molecule is CNCC(=O)c1c(Br)c(F)cc(C)c1OC. The number of methoxy groups -OCH3 is 1. The van der Waals surface area contributed by atoms with E-state index in [1.807, 2.05) is 0 Å². The number of aryl methyl sites for hydroxylation is 1. The zero-order valence-corrected chi connectivity index (χ0v) is 10.9. The molecule has 0 aliphatic rings. The van der Waals surface area contributed by atoms with E-state index in [1.54, 1.807) is 14.0 Å². The lowest BCUT2D eigenvalue weighted by Crippen LogP contribution is -2.20. The number of hydrogen-bond acceptors (Lipinski definition) is 3. The molecule has 0 saturated heterocycles. The number of Topliss-reactive ketones (excluding diaryl/α,β-unsaturated/α-hetero) is 1. The van der Waals surface area contributed by atoms with Crippen LogP contribution in [0.3, 0.4) is 0 Å². The summed E-state index contributed by atoms with van der Waals surface area (Å²) in [6, 6.07) is 1.33.